The van der Waals surface area contributed by atoms with Gasteiger partial charge in [0.2, 0.25) is 4.96 Å². The number of thiazole rings is 1. The van der Waals surface area contributed by atoms with E-state index < -0.39 is 0 Å². The van der Waals surface area contributed by atoms with Crippen LogP contribution in [0.3, 0.4) is 0 Å². The van der Waals surface area contributed by atoms with Gasteiger partial charge in [0.15, 0.2) is 0 Å². The summed E-state index contributed by atoms with van der Waals surface area (Å²) >= 11 is 1.55. The predicted octanol–water partition coefficient (Wildman–Crippen LogP) is 2.67. The van der Waals surface area contributed by atoms with Gasteiger partial charge >= 0.3 is 0 Å². The lowest BCUT2D eigenvalue weighted by atomic mass is 10.2. The average Bonchev–Trinajstić information content (AvgIpc) is 2.99. The van der Waals surface area contributed by atoms with Gasteiger partial charge in [0.25, 0.3) is 11.9 Å². The summed E-state index contributed by atoms with van der Waals surface area (Å²) in [6, 6.07) is 6.93. The van der Waals surface area contributed by atoms with Crippen molar-refractivity contribution < 1.29 is 9.53 Å². The SMILES string of the molecule is COc1cccc(C(=O)Nc2nc3sc(C)c(C)n3n2)c1. The maximum atomic E-state index is 12.2. The van der Waals surface area contributed by atoms with Gasteiger partial charge in [0, 0.05) is 10.4 Å². The first-order valence-electron chi connectivity index (χ1n) is 6.36. The molecule has 0 aliphatic heterocycles. The van der Waals surface area contributed by atoms with Crippen molar-refractivity contribution in [1.29, 1.82) is 0 Å². The maximum absolute atomic E-state index is 12.2. The fraction of sp³-hybridized carbons (Fsp3) is 0.214. The van der Waals surface area contributed by atoms with Gasteiger partial charge in [-0.1, -0.05) is 17.4 Å². The van der Waals surface area contributed by atoms with E-state index in [0.717, 1.165) is 15.5 Å². The van der Waals surface area contributed by atoms with Crippen LogP contribution in [0.5, 0.6) is 5.75 Å². The third kappa shape index (κ3) is 2.47. The highest BCUT2D eigenvalue weighted by atomic mass is 32.1. The molecule has 0 fully saturated rings. The second-order valence-corrected chi connectivity index (χ2v) is 5.74. The minimum atomic E-state index is -0.262. The molecule has 0 aliphatic rings. The highest BCUT2D eigenvalue weighted by Gasteiger charge is 2.14. The van der Waals surface area contributed by atoms with Crippen molar-refractivity contribution in [3.8, 4) is 5.75 Å². The first-order chi connectivity index (χ1) is 10.1. The number of rotatable bonds is 3. The lowest BCUT2D eigenvalue weighted by Gasteiger charge is -2.03. The van der Waals surface area contributed by atoms with Gasteiger partial charge in [-0.3, -0.25) is 10.1 Å². The lowest BCUT2D eigenvalue weighted by molar-refractivity contribution is 0.102. The average molecular weight is 302 g/mol. The van der Waals surface area contributed by atoms with Crippen LogP contribution < -0.4 is 10.1 Å². The molecule has 2 aromatic heterocycles. The zero-order valence-electron chi connectivity index (χ0n) is 11.9. The zero-order chi connectivity index (χ0) is 15.0. The van der Waals surface area contributed by atoms with E-state index in [2.05, 4.69) is 15.4 Å². The number of nitrogens with zero attached hydrogens (tertiary/aromatic N) is 3. The van der Waals surface area contributed by atoms with Gasteiger partial charge in [-0.25, -0.2) is 4.52 Å². The van der Waals surface area contributed by atoms with Gasteiger partial charge in [0.05, 0.1) is 12.8 Å². The van der Waals surface area contributed by atoms with Gasteiger partial charge < -0.3 is 4.74 Å². The van der Waals surface area contributed by atoms with Crippen molar-refractivity contribution in [2.75, 3.05) is 12.4 Å². The monoisotopic (exact) mass is 302 g/mol. The van der Waals surface area contributed by atoms with Crippen molar-refractivity contribution in [3.63, 3.8) is 0 Å². The van der Waals surface area contributed by atoms with Crippen LogP contribution in [0, 0.1) is 13.8 Å². The molecule has 0 radical (unpaired) electrons. The molecule has 1 N–H and O–H groups in total. The molecule has 0 unspecified atom stereocenters. The molecule has 3 aromatic rings. The van der Waals surface area contributed by atoms with Gasteiger partial charge in [-0.15, -0.1) is 5.10 Å². The zero-order valence-corrected chi connectivity index (χ0v) is 12.7. The fourth-order valence-corrected chi connectivity index (χ4v) is 2.84. The van der Waals surface area contributed by atoms with Gasteiger partial charge in [-0.05, 0) is 32.0 Å². The number of methoxy groups -OCH3 is 1. The van der Waals surface area contributed by atoms with Crippen LogP contribution in [0.25, 0.3) is 4.96 Å². The van der Waals surface area contributed by atoms with Crippen LogP contribution in [-0.2, 0) is 0 Å². The highest BCUT2D eigenvalue weighted by Crippen LogP contribution is 2.21. The largest absolute Gasteiger partial charge is 0.497 e. The van der Waals surface area contributed by atoms with E-state index in [1.165, 1.54) is 0 Å². The Labute approximate surface area is 125 Å². The first-order valence-corrected chi connectivity index (χ1v) is 7.18. The Morgan fingerprint density at radius 3 is 2.90 bits per heavy atom. The molecule has 108 valence electrons. The topological polar surface area (TPSA) is 68.5 Å². The molecule has 0 saturated carbocycles. The van der Waals surface area contributed by atoms with E-state index in [0.29, 0.717) is 17.3 Å². The molecule has 0 bridgehead atoms. The number of carbonyl (C=O) groups excluding carboxylic acids is 1. The maximum Gasteiger partial charge on any atom is 0.258 e. The molecule has 0 aliphatic carbocycles. The summed E-state index contributed by atoms with van der Waals surface area (Å²) in [6.45, 7) is 3.99. The van der Waals surface area contributed by atoms with Crippen molar-refractivity contribution in [1.82, 2.24) is 14.6 Å². The smallest absolute Gasteiger partial charge is 0.258 e. The van der Waals surface area contributed by atoms with Gasteiger partial charge in [0.1, 0.15) is 5.75 Å². The van der Waals surface area contributed by atoms with E-state index in [9.17, 15) is 4.79 Å². The molecule has 1 amide bonds. The van der Waals surface area contributed by atoms with E-state index in [-0.39, 0.29) is 5.91 Å². The van der Waals surface area contributed by atoms with Crippen LogP contribution in [-0.4, -0.2) is 27.6 Å². The highest BCUT2D eigenvalue weighted by molar-refractivity contribution is 7.17. The van der Waals surface area contributed by atoms with Crippen molar-refractivity contribution in [2.45, 2.75) is 13.8 Å². The first kappa shape index (κ1) is 13.6. The van der Waals surface area contributed by atoms with Crippen LogP contribution in [0.2, 0.25) is 0 Å². The second-order valence-electron chi connectivity index (χ2n) is 4.56. The molecular formula is C14H14N4O2S. The molecule has 2 heterocycles. The summed E-state index contributed by atoms with van der Waals surface area (Å²) < 4.78 is 6.84. The summed E-state index contributed by atoms with van der Waals surface area (Å²) in [6.07, 6.45) is 0. The number of hydrogen-bond acceptors (Lipinski definition) is 5. The minimum absolute atomic E-state index is 0.262. The molecule has 0 atom stereocenters. The minimum Gasteiger partial charge on any atom is -0.497 e. The number of aryl methyl sites for hydroxylation is 2. The Morgan fingerprint density at radius 1 is 1.38 bits per heavy atom. The molecule has 3 rings (SSSR count). The number of nitrogens with one attached hydrogen (secondary N) is 1. The Hall–Kier alpha value is -2.41. The quantitative estimate of drug-likeness (QED) is 0.807. The predicted molar refractivity (Wildman–Crippen MR) is 81.3 cm³/mol. The van der Waals surface area contributed by atoms with E-state index in [4.69, 9.17) is 4.74 Å². The Kier molecular flexibility index (Phi) is 3.34. The second kappa shape index (κ2) is 5.17. The molecule has 21 heavy (non-hydrogen) atoms. The Bertz CT molecular complexity index is 822. The van der Waals surface area contributed by atoms with E-state index in [1.807, 2.05) is 13.8 Å². The summed E-state index contributed by atoms with van der Waals surface area (Å²) in [5.41, 5.74) is 1.53. The molecule has 6 nitrogen and oxygen atoms in total. The Morgan fingerprint density at radius 2 is 2.19 bits per heavy atom. The summed E-state index contributed by atoms with van der Waals surface area (Å²) in [5, 5.41) is 6.99. The number of aromatic nitrogens is 3. The number of ether oxygens (including phenoxy) is 1. The standard InChI is InChI=1S/C14H14N4O2S/c1-8-9(2)21-14-16-13(17-18(8)14)15-12(19)10-5-4-6-11(7-10)20-3/h4-7H,1-3H3,(H,15,17,19). The third-order valence-corrected chi connectivity index (χ3v) is 4.25. The summed E-state index contributed by atoms with van der Waals surface area (Å²) in [5.74, 6) is 0.673. The van der Waals surface area contributed by atoms with Crippen molar-refractivity contribution in [2.24, 2.45) is 0 Å². The number of benzene rings is 1. The number of fused-ring (bicyclic) bond motifs is 1. The molecule has 0 saturated heterocycles. The molecule has 7 heteroatoms. The molecule has 1 aromatic carbocycles. The number of carbonyl (C=O) groups is 1. The number of anilines is 1. The van der Waals surface area contributed by atoms with E-state index >= 15 is 0 Å². The molecule has 0 spiro atoms. The van der Waals surface area contributed by atoms with E-state index in [1.54, 1.807) is 47.2 Å². The van der Waals surface area contributed by atoms with Crippen molar-refractivity contribution >= 4 is 28.2 Å². The van der Waals surface area contributed by atoms with Crippen LogP contribution >= 0.6 is 11.3 Å². The van der Waals surface area contributed by atoms with Crippen LogP contribution in [0.1, 0.15) is 20.9 Å². The summed E-state index contributed by atoms with van der Waals surface area (Å²) in [4.78, 5) is 18.4. The lowest BCUT2D eigenvalue weighted by Crippen LogP contribution is -2.13. The number of amides is 1. The Balaban J connectivity index is 1.85. The number of hydrogen-bond donors (Lipinski definition) is 1. The van der Waals surface area contributed by atoms with Crippen LogP contribution in [0.4, 0.5) is 5.95 Å². The van der Waals surface area contributed by atoms with Crippen LogP contribution in [0.15, 0.2) is 24.3 Å². The summed E-state index contributed by atoms with van der Waals surface area (Å²) in [7, 11) is 1.56. The molecular weight excluding hydrogens is 288 g/mol. The normalized spacial score (nSPS) is 10.8. The fourth-order valence-electron chi connectivity index (χ4n) is 1.93. The van der Waals surface area contributed by atoms with Gasteiger partial charge in [-0.2, -0.15) is 4.98 Å². The third-order valence-electron chi connectivity index (χ3n) is 3.21. The van der Waals surface area contributed by atoms with Crippen molar-refractivity contribution in [3.05, 3.63) is 40.4 Å².